The minimum atomic E-state index is -3.57. The molecule has 6 heteroatoms. The minimum absolute atomic E-state index is 0.204. The first-order valence-corrected chi connectivity index (χ1v) is 8.22. The van der Waals surface area contributed by atoms with E-state index in [1.165, 1.54) is 4.31 Å². The van der Waals surface area contributed by atoms with Crippen LogP contribution in [-0.2, 0) is 10.0 Å². The molecule has 0 radical (unpaired) electrons. The Morgan fingerprint density at radius 3 is 2.58 bits per heavy atom. The van der Waals surface area contributed by atoms with E-state index in [0.717, 1.165) is 5.56 Å². The number of hydrogen-bond acceptors (Lipinski definition) is 3. The highest BCUT2D eigenvalue weighted by Gasteiger charge is 2.26. The molecule has 1 rings (SSSR count). The highest BCUT2D eigenvalue weighted by Crippen LogP contribution is 2.26. The second-order valence-corrected chi connectivity index (χ2v) is 7.18. The van der Waals surface area contributed by atoms with E-state index in [1.807, 2.05) is 6.92 Å². The molecule has 0 fully saturated rings. The molecule has 1 aromatic rings. The van der Waals surface area contributed by atoms with E-state index >= 15 is 0 Å². The quantitative estimate of drug-likeness (QED) is 0.824. The Balaban J connectivity index is 3.18. The lowest BCUT2D eigenvalue weighted by atomic mass is 10.2. The molecule has 0 aliphatic carbocycles. The van der Waals surface area contributed by atoms with Gasteiger partial charge in [0.2, 0.25) is 10.0 Å². The number of aryl methyl sites for hydroxylation is 1. The van der Waals surface area contributed by atoms with Gasteiger partial charge in [-0.1, -0.05) is 13.0 Å². The van der Waals surface area contributed by atoms with Gasteiger partial charge in [0.25, 0.3) is 0 Å². The summed E-state index contributed by atoms with van der Waals surface area (Å²) in [4.78, 5) is 0.241. The van der Waals surface area contributed by atoms with E-state index in [0.29, 0.717) is 11.0 Å². The molecular formula is C13H17BrN2O2S. The van der Waals surface area contributed by atoms with Crippen LogP contribution in [0.5, 0.6) is 0 Å². The van der Waals surface area contributed by atoms with E-state index in [9.17, 15) is 8.42 Å². The zero-order valence-corrected chi connectivity index (χ0v) is 13.6. The van der Waals surface area contributed by atoms with Gasteiger partial charge in [-0.2, -0.15) is 9.57 Å². The topological polar surface area (TPSA) is 61.2 Å². The van der Waals surface area contributed by atoms with Crippen molar-refractivity contribution < 1.29 is 8.42 Å². The first-order valence-electron chi connectivity index (χ1n) is 5.98. The van der Waals surface area contributed by atoms with Gasteiger partial charge in [-0.3, -0.25) is 0 Å². The maximum absolute atomic E-state index is 12.5. The Morgan fingerprint density at radius 2 is 2.11 bits per heavy atom. The third-order valence-electron chi connectivity index (χ3n) is 2.76. The smallest absolute Gasteiger partial charge is 0.207 e. The summed E-state index contributed by atoms with van der Waals surface area (Å²) < 4.78 is 26.9. The predicted octanol–water partition coefficient (Wildman–Crippen LogP) is 2.93. The van der Waals surface area contributed by atoms with E-state index in [2.05, 4.69) is 22.0 Å². The number of nitrogens with zero attached hydrogens (tertiary/aromatic N) is 2. The maximum Gasteiger partial charge on any atom is 0.244 e. The van der Waals surface area contributed by atoms with Crippen LogP contribution in [0.3, 0.4) is 0 Å². The molecule has 0 heterocycles. The summed E-state index contributed by atoms with van der Waals surface area (Å²) in [6.45, 7) is 5.92. The molecule has 0 bridgehead atoms. The van der Waals surface area contributed by atoms with Gasteiger partial charge >= 0.3 is 0 Å². The van der Waals surface area contributed by atoms with Gasteiger partial charge in [0.1, 0.15) is 0 Å². The molecule has 1 aromatic carbocycles. The fourth-order valence-corrected chi connectivity index (χ4v) is 4.39. The Kier molecular flexibility index (Phi) is 5.53. The summed E-state index contributed by atoms with van der Waals surface area (Å²) in [6, 6.07) is 7.19. The number of sulfonamides is 1. The fraction of sp³-hybridized carbons (Fsp3) is 0.462. The molecule has 0 spiro atoms. The van der Waals surface area contributed by atoms with Gasteiger partial charge in [-0.25, -0.2) is 8.42 Å². The van der Waals surface area contributed by atoms with Gasteiger partial charge in [0, 0.05) is 17.6 Å². The average molecular weight is 345 g/mol. The summed E-state index contributed by atoms with van der Waals surface area (Å²) in [6.07, 6.45) is 0. The van der Waals surface area contributed by atoms with E-state index in [-0.39, 0.29) is 17.4 Å². The summed E-state index contributed by atoms with van der Waals surface area (Å²) in [5.74, 6) is -0.334. The van der Waals surface area contributed by atoms with Crippen molar-refractivity contribution in [2.75, 3.05) is 13.1 Å². The normalized spacial score (nSPS) is 13.3. The average Bonchev–Trinajstić information content (AvgIpc) is 2.34. The number of hydrogen-bond donors (Lipinski definition) is 0. The zero-order chi connectivity index (χ0) is 14.6. The van der Waals surface area contributed by atoms with Gasteiger partial charge < -0.3 is 0 Å². The van der Waals surface area contributed by atoms with Crippen LogP contribution < -0.4 is 0 Å². The Labute approximate surface area is 123 Å². The minimum Gasteiger partial charge on any atom is -0.207 e. The Hall–Kier alpha value is -0.900. The van der Waals surface area contributed by atoms with Crippen LogP contribution in [0.15, 0.2) is 27.6 Å². The molecule has 1 unspecified atom stereocenters. The third kappa shape index (κ3) is 3.78. The van der Waals surface area contributed by atoms with E-state index in [4.69, 9.17) is 5.26 Å². The van der Waals surface area contributed by atoms with Crippen molar-refractivity contribution in [1.82, 2.24) is 4.31 Å². The molecule has 0 aliphatic heterocycles. The van der Waals surface area contributed by atoms with Crippen molar-refractivity contribution in [1.29, 1.82) is 5.26 Å². The molecule has 0 N–H and O–H groups in total. The standard InChI is InChI=1S/C13H17BrN2O2S/c1-4-16(9-11(3)8-15)19(17,18)13-6-5-10(2)7-12(13)14/h5-7,11H,4,9H2,1-3H3. The van der Waals surface area contributed by atoms with Crippen LogP contribution in [0.4, 0.5) is 0 Å². The number of benzene rings is 1. The monoisotopic (exact) mass is 344 g/mol. The number of halogens is 1. The predicted molar refractivity (Wildman–Crippen MR) is 78.1 cm³/mol. The summed E-state index contributed by atoms with van der Waals surface area (Å²) in [7, 11) is -3.57. The molecule has 19 heavy (non-hydrogen) atoms. The van der Waals surface area contributed by atoms with Crippen LogP contribution in [0.1, 0.15) is 19.4 Å². The molecule has 0 aromatic heterocycles. The fourth-order valence-electron chi connectivity index (χ4n) is 1.70. The highest BCUT2D eigenvalue weighted by atomic mass is 79.9. The van der Waals surface area contributed by atoms with Gasteiger partial charge in [-0.05, 0) is 47.5 Å². The first-order chi connectivity index (χ1) is 8.82. The van der Waals surface area contributed by atoms with Crippen molar-refractivity contribution in [3.8, 4) is 6.07 Å². The summed E-state index contributed by atoms with van der Waals surface area (Å²) >= 11 is 3.29. The molecule has 0 saturated heterocycles. The molecule has 0 saturated carbocycles. The van der Waals surface area contributed by atoms with Crippen molar-refractivity contribution in [3.63, 3.8) is 0 Å². The van der Waals surface area contributed by atoms with Gasteiger partial charge in [-0.15, -0.1) is 0 Å². The molecule has 104 valence electrons. The highest BCUT2D eigenvalue weighted by molar-refractivity contribution is 9.10. The molecule has 0 amide bonds. The lowest BCUT2D eigenvalue weighted by Gasteiger charge is -2.22. The Morgan fingerprint density at radius 1 is 1.47 bits per heavy atom. The summed E-state index contributed by atoms with van der Waals surface area (Å²) in [5.41, 5.74) is 0.985. The van der Waals surface area contributed by atoms with Crippen LogP contribution in [0, 0.1) is 24.2 Å². The Bertz CT molecular complexity index is 593. The summed E-state index contributed by atoms with van der Waals surface area (Å²) in [5, 5.41) is 8.83. The number of rotatable bonds is 5. The van der Waals surface area contributed by atoms with Crippen molar-refractivity contribution in [2.45, 2.75) is 25.7 Å². The molecule has 4 nitrogen and oxygen atoms in total. The molecule has 0 aliphatic rings. The van der Waals surface area contributed by atoms with Gasteiger partial charge in [0.15, 0.2) is 0 Å². The van der Waals surface area contributed by atoms with E-state index < -0.39 is 10.0 Å². The van der Waals surface area contributed by atoms with Crippen molar-refractivity contribution in [2.24, 2.45) is 5.92 Å². The van der Waals surface area contributed by atoms with Crippen molar-refractivity contribution in [3.05, 3.63) is 28.2 Å². The largest absolute Gasteiger partial charge is 0.244 e. The lowest BCUT2D eigenvalue weighted by molar-refractivity contribution is 0.399. The second kappa shape index (κ2) is 6.51. The number of nitriles is 1. The SMILES string of the molecule is CCN(CC(C)C#N)S(=O)(=O)c1ccc(C)cc1Br. The van der Waals surface area contributed by atoms with Gasteiger partial charge in [0.05, 0.1) is 16.9 Å². The van der Waals surface area contributed by atoms with Crippen molar-refractivity contribution >= 4 is 26.0 Å². The molecule has 1 atom stereocenters. The van der Waals surface area contributed by atoms with Crippen LogP contribution >= 0.6 is 15.9 Å². The zero-order valence-electron chi connectivity index (χ0n) is 11.2. The second-order valence-electron chi connectivity index (χ2n) is 4.42. The van der Waals surface area contributed by atoms with Crippen LogP contribution in [0.25, 0.3) is 0 Å². The van der Waals surface area contributed by atoms with Crippen LogP contribution in [0.2, 0.25) is 0 Å². The lowest BCUT2D eigenvalue weighted by Crippen LogP contribution is -2.34. The third-order valence-corrected chi connectivity index (χ3v) is 5.67. The molecular weight excluding hydrogens is 328 g/mol. The maximum atomic E-state index is 12.5. The van der Waals surface area contributed by atoms with E-state index in [1.54, 1.807) is 32.0 Å². The van der Waals surface area contributed by atoms with Crippen LogP contribution in [-0.4, -0.2) is 25.8 Å². The first kappa shape index (κ1) is 16.2.